The third-order valence-electron chi connectivity index (χ3n) is 1.80. The number of nitrogens with zero attached hydrogens (tertiary/aromatic N) is 1. The van der Waals surface area contributed by atoms with Gasteiger partial charge in [0, 0.05) is 11.3 Å². The third-order valence-corrected chi connectivity index (χ3v) is 3.86. The van der Waals surface area contributed by atoms with E-state index in [9.17, 15) is 0 Å². The van der Waals surface area contributed by atoms with Crippen molar-refractivity contribution in [2.24, 2.45) is 10.7 Å². The first kappa shape index (κ1) is 9.07. The van der Waals surface area contributed by atoms with Crippen molar-refractivity contribution in [2.75, 3.05) is 11.5 Å². The van der Waals surface area contributed by atoms with Crippen molar-refractivity contribution in [1.29, 1.82) is 0 Å². The molecule has 65 valence electrons. The minimum atomic E-state index is 0.0502. The van der Waals surface area contributed by atoms with E-state index < -0.39 is 0 Å². The van der Waals surface area contributed by atoms with Crippen LogP contribution in [0, 0.1) is 6.17 Å². The Kier molecular flexibility index (Phi) is 3.94. The van der Waals surface area contributed by atoms with Gasteiger partial charge >= 0.3 is 0 Å². The van der Waals surface area contributed by atoms with Gasteiger partial charge in [-0.05, 0) is 12.2 Å². The van der Waals surface area contributed by atoms with E-state index in [4.69, 9.17) is 5.73 Å². The first-order valence-electron chi connectivity index (χ1n) is 4.22. The molecule has 0 bridgehead atoms. The summed E-state index contributed by atoms with van der Waals surface area (Å²) in [5.74, 6) is 2.38. The molecule has 1 heterocycles. The van der Waals surface area contributed by atoms with Gasteiger partial charge in [0.15, 0.2) is 6.17 Å². The van der Waals surface area contributed by atoms with Gasteiger partial charge in [-0.2, -0.15) is 0 Å². The van der Waals surface area contributed by atoms with Crippen LogP contribution < -0.4 is 5.73 Å². The monoisotopic (exact) mass is 173 g/mol. The summed E-state index contributed by atoms with van der Waals surface area (Å²) in [5.41, 5.74) is 7.63. The summed E-state index contributed by atoms with van der Waals surface area (Å²) >= 11 is 0. The molecule has 0 saturated heterocycles. The minimum Gasteiger partial charge on any atom is -0.303 e. The summed E-state index contributed by atoms with van der Waals surface area (Å²) in [6.07, 6.45) is 4.85. The van der Waals surface area contributed by atoms with Gasteiger partial charge in [-0.1, -0.05) is 19.8 Å². The summed E-state index contributed by atoms with van der Waals surface area (Å²) in [6, 6.07) is 0. The maximum Gasteiger partial charge on any atom is 0.155 e. The van der Waals surface area contributed by atoms with Crippen LogP contribution in [0.15, 0.2) is 4.99 Å². The second-order valence-electron chi connectivity index (χ2n) is 2.91. The average Bonchev–Trinajstić information content (AvgIpc) is 2.37. The molecule has 0 aromatic heterocycles. The van der Waals surface area contributed by atoms with E-state index in [-0.39, 0.29) is 10.9 Å². The number of nitrogens with two attached hydrogens (primary N) is 1. The van der Waals surface area contributed by atoms with E-state index in [1.807, 2.05) is 0 Å². The van der Waals surface area contributed by atoms with Gasteiger partial charge in [0.1, 0.15) is 0 Å². The largest absolute Gasteiger partial charge is 0.303 e. The molecule has 1 aliphatic heterocycles. The molecular weight excluding hydrogens is 156 g/mol. The fraction of sp³-hybridized carbons (Fsp3) is 0.750. The molecule has 1 atom stereocenters. The molecule has 0 fully saturated rings. The Morgan fingerprint density at radius 3 is 3.00 bits per heavy atom. The van der Waals surface area contributed by atoms with Crippen LogP contribution in [-0.2, 0) is 0 Å². The fourth-order valence-electron chi connectivity index (χ4n) is 1.15. The molecular formula is C8H17N2S. The van der Waals surface area contributed by atoms with Crippen molar-refractivity contribution in [3.05, 3.63) is 6.17 Å². The smallest absolute Gasteiger partial charge is 0.155 e. The first-order valence-corrected chi connectivity index (χ1v) is 6.00. The summed E-state index contributed by atoms with van der Waals surface area (Å²) in [5, 5.41) is 0. The van der Waals surface area contributed by atoms with Gasteiger partial charge in [-0.3, -0.25) is 4.99 Å². The molecule has 0 amide bonds. The second-order valence-corrected chi connectivity index (χ2v) is 5.09. The fourth-order valence-corrected chi connectivity index (χ4v) is 2.94. The molecule has 0 saturated carbocycles. The Morgan fingerprint density at radius 2 is 2.45 bits per heavy atom. The maximum atomic E-state index is 5.56. The Morgan fingerprint density at radius 1 is 1.64 bits per heavy atom. The van der Waals surface area contributed by atoms with E-state index >= 15 is 0 Å². The van der Waals surface area contributed by atoms with Crippen LogP contribution in [0.1, 0.15) is 26.2 Å². The molecule has 0 aromatic carbocycles. The van der Waals surface area contributed by atoms with Crippen LogP contribution in [0.3, 0.4) is 0 Å². The van der Waals surface area contributed by atoms with Gasteiger partial charge in [-0.25, -0.2) is 10.9 Å². The zero-order valence-electron chi connectivity index (χ0n) is 7.08. The summed E-state index contributed by atoms with van der Waals surface area (Å²) in [7, 11) is 0.0502. The highest BCUT2D eigenvalue weighted by Crippen LogP contribution is 2.31. The van der Waals surface area contributed by atoms with E-state index in [1.165, 1.54) is 25.0 Å². The Balaban J connectivity index is 2.05. The Bertz CT molecular complexity index is 136. The van der Waals surface area contributed by atoms with Gasteiger partial charge in [0.05, 0.1) is 0 Å². The lowest BCUT2D eigenvalue weighted by molar-refractivity contribution is 0.778. The summed E-state index contributed by atoms with van der Waals surface area (Å²) < 4.78 is 0. The molecule has 2 nitrogen and oxygen atoms in total. The molecule has 2 N–H and O–H groups in total. The van der Waals surface area contributed by atoms with E-state index in [0.717, 1.165) is 11.9 Å². The highest BCUT2D eigenvalue weighted by atomic mass is 32.2. The van der Waals surface area contributed by atoms with Crippen LogP contribution in [-0.4, -0.2) is 17.1 Å². The third kappa shape index (κ3) is 3.25. The number of hydrogen-bond acceptors (Lipinski definition) is 2. The maximum absolute atomic E-state index is 5.56. The van der Waals surface area contributed by atoms with E-state index in [0.29, 0.717) is 0 Å². The van der Waals surface area contributed by atoms with Gasteiger partial charge < -0.3 is 5.73 Å². The van der Waals surface area contributed by atoms with Crippen molar-refractivity contribution in [3.63, 3.8) is 0 Å². The van der Waals surface area contributed by atoms with Crippen molar-refractivity contribution in [1.82, 2.24) is 0 Å². The first-order chi connectivity index (χ1) is 5.33. The van der Waals surface area contributed by atoms with E-state index in [1.54, 1.807) is 0 Å². The van der Waals surface area contributed by atoms with Crippen LogP contribution in [0.25, 0.3) is 0 Å². The topological polar surface area (TPSA) is 38.4 Å². The predicted octanol–water partition coefficient (Wildman–Crippen LogP) is 1.67. The van der Waals surface area contributed by atoms with Gasteiger partial charge in [0.25, 0.3) is 0 Å². The zero-order valence-corrected chi connectivity index (χ0v) is 7.98. The molecule has 3 heteroatoms. The number of unbranched alkanes of at least 4 members (excludes halogenated alkanes) is 2. The van der Waals surface area contributed by atoms with E-state index in [2.05, 4.69) is 17.5 Å². The SMILES string of the molecule is CCCCC[SH]1C=N[C](N)C1. The summed E-state index contributed by atoms with van der Waals surface area (Å²) in [4.78, 5) is 4.09. The highest BCUT2D eigenvalue weighted by Gasteiger charge is 2.13. The summed E-state index contributed by atoms with van der Waals surface area (Å²) in [6.45, 7) is 2.23. The minimum absolute atomic E-state index is 0.0502. The zero-order chi connectivity index (χ0) is 8.10. The van der Waals surface area contributed by atoms with Crippen LogP contribution in [0.2, 0.25) is 0 Å². The lowest BCUT2D eigenvalue weighted by Crippen LogP contribution is -2.07. The number of thiol groups is 1. The Labute approximate surface area is 71.6 Å². The Hall–Kier alpha value is -0.0200. The van der Waals surface area contributed by atoms with Gasteiger partial charge in [-0.15, -0.1) is 0 Å². The quantitative estimate of drug-likeness (QED) is 0.492. The van der Waals surface area contributed by atoms with Gasteiger partial charge in [0.2, 0.25) is 0 Å². The molecule has 1 rings (SSSR count). The molecule has 0 aromatic rings. The van der Waals surface area contributed by atoms with Crippen LogP contribution >= 0.6 is 10.9 Å². The lowest BCUT2D eigenvalue weighted by Gasteiger charge is -2.09. The molecule has 0 spiro atoms. The molecule has 1 aliphatic rings. The van der Waals surface area contributed by atoms with Crippen molar-refractivity contribution >= 4 is 16.4 Å². The highest BCUT2D eigenvalue weighted by molar-refractivity contribution is 8.28. The lowest BCUT2D eigenvalue weighted by atomic mass is 10.3. The molecule has 11 heavy (non-hydrogen) atoms. The average molecular weight is 173 g/mol. The van der Waals surface area contributed by atoms with Crippen LogP contribution in [0.4, 0.5) is 0 Å². The normalized spacial score (nSPS) is 28.0. The molecule has 1 unspecified atom stereocenters. The van der Waals surface area contributed by atoms with Crippen molar-refractivity contribution < 1.29 is 0 Å². The number of aliphatic imine (C=N–C) groups is 1. The van der Waals surface area contributed by atoms with Crippen LogP contribution in [0.5, 0.6) is 0 Å². The van der Waals surface area contributed by atoms with Crippen molar-refractivity contribution in [3.8, 4) is 0 Å². The molecule has 1 radical (unpaired) electrons. The van der Waals surface area contributed by atoms with Crippen molar-refractivity contribution in [2.45, 2.75) is 26.2 Å². The number of rotatable bonds is 4. The second kappa shape index (κ2) is 4.78. The standard InChI is InChI=1S/C8H17N2S/c1-2-3-4-5-11-6-8(9)10-7-11/h7,11H,2-6,9H2,1H3. The number of hydrogen-bond donors (Lipinski definition) is 2. The predicted molar refractivity (Wildman–Crippen MR) is 54.2 cm³/mol. The molecule has 0 aliphatic carbocycles.